The minimum atomic E-state index is -0.869. The van der Waals surface area contributed by atoms with Crippen LogP contribution < -0.4 is 0 Å². The summed E-state index contributed by atoms with van der Waals surface area (Å²) < 4.78 is 13.0. The molecule has 0 spiro atoms. The van der Waals surface area contributed by atoms with Crippen molar-refractivity contribution in [2.75, 3.05) is 0 Å². The van der Waals surface area contributed by atoms with Crippen molar-refractivity contribution >= 4 is 5.97 Å². The van der Waals surface area contributed by atoms with Crippen molar-refractivity contribution in [3.8, 4) is 0 Å². The first-order valence-corrected chi connectivity index (χ1v) is 4.81. The van der Waals surface area contributed by atoms with Gasteiger partial charge in [0.15, 0.2) is 0 Å². The van der Waals surface area contributed by atoms with Crippen molar-refractivity contribution in [2.45, 2.75) is 27.2 Å². The van der Waals surface area contributed by atoms with Crippen molar-refractivity contribution in [2.24, 2.45) is 5.41 Å². The van der Waals surface area contributed by atoms with Gasteiger partial charge in [0.2, 0.25) is 0 Å². The van der Waals surface area contributed by atoms with E-state index in [0.29, 0.717) is 6.42 Å². The molecule has 0 heterocycles. The lowest BCUT2D eigenvalue weighted by molar-refractivity contribution is -0.146. The average Bonchev–Trinajstić information content (AvgIpc) is 2.10. The van der Waals surface area contributed by atoms with E-state index in [2.05, 4.69) is 0 Å². The quantitative estimate of drug-likeness (QED) is 0.832. The lowest BCUT2D eigenvalue weighted by Crippen LogP contribution is -2.26. The Labute approximate surface area is 88.7 Å². The summed E-state index contributed by atoms with van der Waals surface area (Å²) in [6, 6.07) is 4.45. The Morgan fingerprint density at radius 2 is 2.07 bits per heavy atom. The topological polar surface area (TPSA) is 37.3 Å². The van der Waals surface area contributed by atoms with E-state index in [0.717, 1.165) is 11.1 Å². The van der Waals surface area contributed by atoms with E-state index in [1.54, 1.807) is 19.9 Å². The van der Waals surface area contributed by atoms with Gasteiger partial charge in [0.1, 0.15) is 5.82 Å². The first kappa shape index (κ1) is 11.7. The van der Waals surface area contributed by atoms with Gasteiger partial charge in [-0.05, 0) is 50.5 Å². The number of carbonyl (C=O) groups is 1. The lowest BCUT2D eigenvalue weighted by Gasteiger charge is -2.20. The summed E-state index contributed by atoms with van der Waals surface area (Å²) in [4.78, 5) is 10.9. The van der Waals surface area contributed by atoms with Crippen LogP contribution in [-0.2, 0) is 11.2 Å². The zero-order valence-electron chi connectivity index (χ0n) is 9.17. The molecule has 0 atom stereocenters. The van der Waals surface area contributed by atoms with Gasteiger partial charge >= 0.3 is 5.97 Å². The largest absolute Gasteiger partial charge is 0.481 e. The van der Waals surface area contributed by atoms with Crippen LogP contribution in [0.15, 0.2) is 18.2 Å². The van der Waals surface area contributed by atoms with Gasteiger partial charge in [-0.2, -0.15) is 0 Å². The fourth-order valence-corrected chi connectivity index (χ4v) is 1.38. The van der Waals surface area contributed by atoms with Gasteiger partial charge in [0, 0.05) is 0 Å². The smallest absolute Gasteiger partial charge is 0.309 e. The molecule has 3 heteroatoms. The van der Waals surface area contributed by atoms with Gasteiger partial charge in [-0.3, -0.25) is 4.79 Å². The number of hydrogen-bond donors (Lipinski definition) is 1. The van der Waals surface area contributed by atoms with Gasteiger partial charge < -0.3 is 5.11 Å². The molecular formula is C12H15FO2. The molecule has 0 unspecified atom stereocenters. The second-order valence-electron chi connectivity index (χ2n) is 4.44. The van der Waals surface area contributed by atoms with E-state index >= 15 is 0 Å². The molecule has 0 aliphatic carbocycles. The van der Waals surface area contributed by atoms with Crippen LogP contribution in [0.2, 0.25) is 0 Å². The van der Waals surface area contributed by atoms with Gasteiger partial charge in [0.25, 0.3) is 0 Å². The predicted octanol–water partition coefficient (Wildman–Crippen LogP) is 2.79. The van der Waals surface area contributed by atoms with Crippen molar-refractivity contribution in [3.05, 3.63) is 35.1 Å². The van der Waals surface area contributed by atoms with E-state index < -0.39 is 11.4 Å². The molecule has 0 radical (unpaired) electrons. The number of benzene rings is 1. The molecule has 1 rings (SSSR count). The molecule has 0 saturated heterocycles. The van der Waals surface area contributed by atoms with Gasteiger partial charge in [-0.15, -0.1) is 0 Å². The predicted molar refractivity (Wildman–Crippen MR) is 56.3 cm³/mol. The van der Waals surface area contributed by atoms with Crippen LogP contribution in [0, 0.1) is 18.2 Å². The number of hydrogen-bond acceptors (Lipinski definition) is 1. The van der Waals surface area contributed by atoms with Crippen LogP contribution in [0.25, 0.3) is 0 Å². The third-order valence-corrected chi connectivity index (χ3v) is 2.52. The van der Waals surface area contributed by atoms with Gasteiger partial charge in [-0.25, -0.2) is 4.39 Å². The molecule has 0 bridgehead atoms. The Morgan fingerprint density at radius 3 is 2.60 bits per heavy atom. The fraction of sp³-hybridized carbons (Fsp3) is 0.417. The van der Waals surface area contributed by atoms with Crippen LogP contribution in [0.5, 0.6) is 0 Å². The highest BCUT2D eigenvalue weighted by Crippen LogP contribution is 2.24. The first-order valence-electron chi connectivity index (χ1n) is 4.81. The number of halogens is 1. The summed E-state index contributed by atoms with van der Waals surface area (Å²) in [6.45, 7) is 5.13. The maximum Gasteiger partial charge on any atom is 0.309 e. The Balaban J connectivity index is 2.99. The molecule has 0 saturated carbocycles. The van der Waals surface area contributed by atoms with E-state index in [1.165, 1.54) is 12.1 Å². The molecule has 1 N–H and O–H groups in total. The minimum Gasteiger partial charge on any atom is -0.481 e. The Kier molecular flexibility index (Phi) is 3.12. The van der Waals surface area contributed by atoms with Crippen molar-refractivity contribution in [1.29, 1.82) is 0 Å². The van der Waals surface area contributed by atoms with Gasteiger partial charge in [-0.1, -0.05) is 6.07 Å². The number of carboxylic acids is 1. The molecule has 2 nitrogen and oxygen atoms in total. The number of rotatable bonds is 3. The third kappa shape index (κ3) is 2.78. The molecule has 15 heavy (non-hydrogen) atoms. The minimum absolute atomic E-state index is 0.322. The highest BCUT2D eigenvalue weighted by Gasteiger charge is 2.27. The highest BCUT2D eigenvalue weighted by molar-refractivity contribution is 5.74. The van der Waals surface area contributed by atoms with E-state index in [1.807, 2.05) is 6.92 Å². The average molecular weight is 210 g/mol. The monoisotopic (exact) mass is 210 g/mol. The molecule has 0 aliphatic rings. The summed E-state index contributed by atoms with van der Waals surface area (Å²) in [5.74, 6) is -1.19. The molecule has 82 valence electrons. The number of carboxylic acid groups (broad SMARTS) is 1. The summed E-state index contributed by atoms with van der Waals surface area (Å²) in [5, 5.41) is 8.97. The summed E-state index contributed by atoms with van der Waals surface area (Å²) in [7, 11) is 0. The summed E-state index contributed by atoms with van der Waals surface area (Å²) >= 11 is 0. The Hall–Kier alpha value is -1.38. The Bertz CT molecular complexity index is 383. The van der Waals surface area contributed by atoms with Crippen LogP contribution in [0.3, 0.4) is 0 Å². The van der Waals surface area contributed by atoms with Crippen molar-refractivity contribution in [1.82, 2.24) is 0 Å². The van der Waals surface area contributed by atoms with Crippen LogP contribution in [0.1, 0.15) is 25.0 Å². The SMILES string of the molecule is Cc1ccc(F)cc1CC(C)(C)C(=O)O. The summed E-state index contributed by atoms with van der Waals surface area (Å²) in [6.07, 6.45) is 0.339. The zero-order valence-corrected chi connectivity index (χ0v) is 9.17. The highest BCUT2D eigenvalue weighted by atomic mass is 19.1. The molecule has 1 aromatic rings. The fourth-order valence-electron chi connectivity index (χ4n) is 1.38. The van der Waals surface area contributed by atoms with Crippen molar-refractivity contribution < 1.29 is 14.3 Å². The number of aliphatic carboxylic acids is 1. The van der Waals surface area contributed by atoms with E-state index in [4.69, 9.17) is 5.11 Å². The van der Waals surface area contributed by atoms with Crippen molar-refractivity contribution in [3.63, 3.8) is 0 Å². The number of aryl methyl sites for hydroxylation is 1. The van der Waals surface area contributed by atoms with Crippen LogP contribution in [0.4, 0.5) is 4.39 Å². The molecule has 0 aromatic heterocycles. The normalized spacial score (nSPS) is 11.5. The molecular weight excluding hydrogens is 195 g/mol. The second-order valence-corrected chi connectivity index (χ2v) is 4.44. The summed E-state index contributed by atoms with van der Waals surface area (Å²) in [5.41, 5.74) is 0.812. The lowest BCUT2D eigenvalue weighted by atomic mass is 9.84. The molecule has 0 fully saturated rings. The van der Waals surface area contributed by atoms with E-state index in [-0.39, 0.29) is 5.82 Å². The third-order valence-electron chi connectivity index (χ3n) is 2.52. The second kappa shape index (κ2) is 4.01. The van der Waals surface area contributed by atoms with Gasteiger partial charge in [0.05, 0.1) is 5.41 Å². The van der Waals surface area contributed by atoms with Crippen LogP contribution >= 0.6 is 0 Å². The van der Waals surface area contributed by atoms with Crippen LogP contribution in [-0.4, -0.2) is 11.1 Å². The Morgan fingerprint density at radius 1 is 1.47 bits per heavy atom. The first-order chi connectivity index (χ1) is 6.83. The molecule has 1 aromatic carbocycles. The maximum absolute atomic E-state index is 13.0. The standard InChI is InChI=1S/C12H15FO2/c1-8-4-5-10(13)6-9(8)7-12(2,3)11(14)15/h4-6H,7H2,1-3H3,(H,14,15). The van der Waals surface area contributed by atoms with E-state index in [9.17, 15) is 9.18 Å². The molecule has 0 aliphatic heterocycles. The molecule has 0 amide bonds. The zero-order chi connectivity index (χ0) is 11.6. The maximum atomic E-state index is 13.0.